The van der Waals surface area contributed by atoms with Gasteiger partial charge in [-0.1, -0.05) is 19.4 Å². The zero-order valence-electron chi connectivity index (χ0n) is 9.23. The number of hydrogen-bond acceptors (Lipinski definition) is 3. The number of carboxylic acid groups (broad SMARTS) is 1. The number of carboxylic acids is 1. The van der Waals surface area contributed by atoms with Gasteiger partial charge in [-0.15, -0.1) is 0 Å². The lowest BCUT2D eigenvalue weighted by molar-refractivity contribution is 0.0698. The largest absolute Gasteiger partial charge is 0.478 e. The van der Waals surface area contributed by atoms with E-state index in [9.17, 15) is 4.79 Å². The second-order valence-corrected chi connectivity index (χ2v) is 4.23. The molecule has 2 atom stereocenters. The van der Waals surface area contributed by atoms with Crippen LogP contribution in [0.2, 0.25) is 0 Å². The maximum absolute atomic E-state index is 11.0. The van der Waals surface area contributed by atoms with Gasteiger partial charge in [0.1, 0.15) is 0 Å². The van der Waals surface area contributed by atoms with Crippen LogP contribution in [0.5, 0.6) is 0 Å². The normalized spacial score (nSPS) is 22.8. The highest BCUT2D eigenvalue weighted by Gasteiger charge is 2.36. The third-order valence-electron chi connectivity index (χ3n) is 3.10. The Morgan fingerprint density at radius 3 is 2.94 bits per heavy atom. The molecule has 0 heterocycles. The maximum Gasteiger partial charge on any atom is 0.337 e. The number of aromatic carboxylic acids is 1. The first-order valence-corrected chi connectivity index (χ1v) is 5.51. The first-order chi connectivity index (χ1) is 7.63. The molecular formula is C12H16N2O2. The average molecular weight is 220 g/mol. The summed E-state index contributed by atoms with van der Waals surface area (Å²) in [6.07, 6.45) is 2.22. The average Bonchev–Trinajstić information content (AvgIpc) is 2.99. The van der Waals surface area contributed by atoms with Gasteiger partial charge in [-0.05, 0) is 24.5 Å². The van der Waals surface area contributed by atoms with Crippen molar-refractivity contribution < 1.29 is 9.90 Å². The molecule has 0 saturated heterocycles. The highest BCUT2D eigenvalue weighted by Crippen LogP contribution is 2.38. The zero-order chi connectivity index (χ0) is 11.7. The summed E-state index contributed by atoms with van der Waals surface area (Å²) in [5.74, 6) is -0.287. The van der Waals surface area contributed by atoms with Crippen LogP contribution in [-0.2, 0) is 0 Å². The Hall–Kier alpha value is -1.71. The Kier molecular flexibility index (Phi) is 2.73. The first-order valence-electron chi connectivity index (χ1n) is 5.51. The smallest absolute Gasteiger partial charge is 0.337 e. The molecule has 16 heavy (non-hydrogen) atoms. The fourth-order valence-electron chi connectivity index (χ4n) is 1.97. The Balaban J connectivity index is 2.22. The molecule has 1 aromatic carbocycles. The highest BCUT2D eigenvalue weighted by atomic mass is 16.4. The molecule has 4 nitrogen and oxygen atoms in total. The minimum absolute atomic E-state index is 0.252. The standard InChI is InChI=1S/C12H16N2O2/c1-2-7-6-10(7)14-11-8(12(15)16)4-3-5-9(11)13/h3-5,7,10,14H,2,6,13H2,1H3,(H,15,16). The molecule has 4 N–H and O–H groups in total. The SMILES string of the molecule is CCC1CC1Nc1c(N)cccc1C(=O)O. The molecule has 1 aliphatic carbocycles. The number of benzene rings is 1. The summed E-state index contributed by atoms with van der Waals surface area (Å²) in [6, 6.07) is 5.34. The van der Waals surface area contributed by atoms with E-state index in [1.54, 1.807) is 18.2 Å². The van der Waals surface area contributed by atoms with Crippen LogP contribution < -0.4 is 11.1 Å². The number of para-hydroxylation sites is 1. The number of carbonyl (C=O) groups is 1. The number of nitrogens with two attached hydrogens (primary N) is 1. The van der Waals surface area contributed by atoms with E-state index in [2.05, 4.69) is 12.2 Å². The van der Waals surface area contributed by atoms with Gasteiger partial charge >= 0.3 is 5.97 Å². The van der Waals surface area contributed by atoms with Crippen molar-refractivity contribution in [3.63, 3.8) is 0 Å². The van der Waals surface area contributed by atoms with Crippen LogP contribution in [0.4, 0.5) is 11.4 Å². The molecule has 0 aliphatic heterocycles. The number of hydrogen-bond donors (Lipinski definition) is 3. The molecule has 2 unspecified atom stereocenters. The lowest BCUT2D eigenvalue weighted by Gasteiger charge is -2.11. The molecule has 0 radical (unpaired) electrons. The van der Waals surface area contributed by atoms with E-state index >= 15 is 0 Å². The molecule has 1 saturated carbocycles. The van der Waals surface area contributed by atoms with E-state index in [1.165, 1.54) is 0 Å². The lowest BCUT2D eigenvalue weighted by Crippen LogP contribution is -2.11. The van der Waals surface area contributed by atoms with Gasteiger partial charge in [-0.25, -0.2) is 4.79 Å². The predicted molar refractivity (Wildman–Crippen MR) is 63.6 cm³/mol. The molecule has 0 amide bonds. The van der Waals surface area contributed by atoms with Crippen LogP contribution in [0, 0.1) is 5.92 Å². The highest BCUT2D eigenvalue weighted by molar-refractivity contribution is 5.97. The molecule has 0 spiro atoms. The van der Waals surface area contributed by atoms with Gasteiger partial charge < -0.3 is 16.2 Å². The van der Waals surface area contributed by atoms with Crippen molar-refractivity contribution in [1.29, 1.82) is 0 Å². The van der Waals surface area contributed by atoms with Crippen LogP contribution in [0.15, 0.2) is 18.2 Å². The van der Waals surface area contributed by atoms with E-state index in [0.29, 0.717) is 23.3 Å². The second-order valence-electron chi connectivity index (χ2n) is 4.23. The lowest BCUT2D eigenvalue weighted by atomic mass is 10.1. The fraction of sp³-hybridized carbons (Fsp3) is 0.417. The Labute approximate surface area is 94.5 Å². The van der Waals surface area contributed by atoms with Gasteiger partial charge in [0.2, 0.25) is 0 Å². The van der Waals surface area contributed by atoms with E-state index in [1.807, 2.05) is 0 Å². The molecule has 1 aliphatic rings. The van der Waals surface area contributed by atoms with Gasteiger partial charge in [0.05, 0.1) is 16.9 Å². The van der Waals surface area contributed by atoms with Crippen molar-refractivity contribution in [3.05, 3.63) is 23.8 Å². The van der Waals surface area contributed by atoms with E-state index in [-0.39, 0.29) is 5.56 Å². The Morgan fingerprint density at radius 1 is 1.62 bits per heavy atom. The summed E-state index contributed by atoms with van der Waals surface area (Å²) in [7, 11) is 0. The maximum atomic E-state index is 11.0. The summed E-state index contributed by atoms with van der Waals surface area (Å²) >= 11 is 0. The summed E-state index contributed by atoms with van der Waals surface area (Å²) in [4.78, 5) is 11.0. The molecule has 0 aromatic heterocycles. The van der Waals surface area contributed by atoms with E-state index in [0.717, 1.165) is 12.8 Å². The topological polar surface area (TPSA) is 75.3 Å². The molecule has 1 aromatic rings. The quantitative estimate of drug-likeness (QED) is 0.680. The third-order valence-corrected chi connectivity index (χ3v) is 3.10. The van der Waals surface area contributed by atoms with Gasteiger partial charge in [-0.3, -0.25) is 0 Å². The molecule has 0 bridgehead atoms. The molecule has 2 rings (SSSR count). The van der Waals surface area contributed by atoms with Crippen LogP contribution >= 0.6 is 0 Å². The van der Waals surface area contributed by atoms with Gasteiger partial charge in [0.25, 0.3) is 0 Å². The van der Waals surface area contributed by atoms with Crippen molar-refractivity contribution in [2.45, 2.75) is 25.8 Å². The Morgan fingerprint density at radius 2 is 2.38 bits per heavy atom. The van der Waals surface area contributed by atoms with Crippen LogP contribution in [0.25, 0.3) is 0 Å². The number of nitrogen functional groups attached to an aromatic ring is 1. The van der Waals surface area contributed by atoms with Gasteiger partial charge in [-0.2, -0.15) is 0 Å². The fourth-order valence-corrected chi connectivity index (χ4v) is 1.97. The molecule has 4 heteroatoms. The summed E-state index contributed by atoms with van der Waals surface area (Å²) in [6.45, 7) is 2.14. The predicted octanol–water partition coefficient (Wildman–Crippen LogP) is 2.18. The van der Waals surface area contributed by atoms with Crippen molar-refractivity contribution >= 4 is 17.3 Å². The first kappa shape index (κ1) is 10.8. The van der Waals surface area contributed by atoms with Crippen molar-refractivity contribution in [1.82, 2.24) is 0 Å². The summed E-state index contributed by atoms with van der Waals surface area (Å²) < 4.78 is 0. The van der Waals surface area contributed by atoms with Crippen LogP contribution in [0.1, 0.15) is 30.1 Å². The minimum atomic E-state index is -0.941. The van der Waals surface area contributed by atoms with Crippen LogP contribution in [0.3, 0.4) is 0 Å². The van der Waals surface area contributed by atoms with Crippen LogP contribution in [-0.4, -0.2) is 17.1 Å². The Bertz CT molecular complexity index is 417. The third kappa shape index (κ3) is 1.96. The molecule has 86 valence electrons. The molecule has 1 fully saturated rings. The minimum Gasteiger partial charge on any atom is -0.478 e. The number of rotatable bonds is 4. The van der Waals surface area contributed by atoms with Crippen molar-refractivity contribution in [2.24, 2.45) is 5.92 Å². The zero-order valence-corrected chi connectivity index (χ0v) is 9.23. The van der Waals surface area contributed by atoms with Crippen molar-refractivity contribution in [2.75, 3.05) is 11.1 Å². The van der Waals surface area contributed by atoms with E-state index in [4.69, 9.17) is 10.8 Å². The van der Waals surface area contributed by atoms with Crippen molar-refractivity contribution in [3.8, 4) is 0 Å². The summed E-state index contributed by atoms with van der Waals surface area (Å²) in [5, 5.41) is 12.3. The molecular weight excluding hydrogens is 204 g/mol. The number of nitrogens with one attached hydrogen (secondary N) is 1. The number of anilines is 2. The van der Waals surface area contributed by atoms with E-state index < -0.39 is 5.97 Å². The summed E-state index contributed by atoms with van der Waals surface area (Å²) in [5.41, 5.74) is 7.12. The monoisotopic (exact) mass is 220 g/mol. The second kappa shape index (κ2) is 4.04. The van der Waals surface area contributed by atoms with Gasteiger partial charge in [0.15, 0.2) is 0 Å². The van der Waals surface area contributed by atoms with Gasteiger partial charge in [0, 0.05) is 6.04 Å².